The second-order valence-corrected chi connectivity index (χ2v) is 6.69. The van der Waals surface area contributed by atoms with Crippen molar-refractivity contribution in [2.45, 2.75) is 32.4 Å². The molecule has 0 atom stereocenters. The number of nitrogens with zero attached hydrogens (tertiary/aromatic N) is 1. The van der Waals surface area contributed by atoms with E-state index in [2.05, 4.69) is 32.0 Å². The molecule has 3 rings (SSSR count). The molecular formula is C20H23NO3. The molecule has 1 aliphatic heterocycles. The van der Waals surface area contributed by atoms with Crippen LogP contribution in [0, 0.1) is 0 Å². The highest BCUT2D eigenvalue weighted by Gasteiger charge is 2.38. The minimum atomic E-state index is -0.280. The third-order valence-electron chi connectivity index (χ3n) is 4.69. The van der Waals surface area contributed by atoms with E-state index in [1.54, 1.807) is 26.4 Å². The van der Waals surface area contributed by atoms with Gasteiger partial charge in [0.25, 0.3) is 5.91 Å². The topological polar surface area (TPSA) is 38.8 Å². The molecule has 0 aliphatic carbocycles. The molecule has 1 heterocycles. The van der Waals surface area contributed by atoms with E-state index in [4.69, 9.17) is 9.47 Å². The molecule has 0 fully saturated rings. The molecule has 0 bridgehead atoms. The van der Waals surface area contributed by atoms with Crippen LogP contribution in [-0.4, -0.2) is 30.6 Å². The van der Waals surface area contributed by atoms with Gasteiger partial charge in [0.15, 0.2) is 0 Å². The van der Waals surface area contributed by atoms with Crippen LogP contribution in [0.1, 0.15) is 35.3 Å². The van der Waals surface area contributed by atoms with Crippen LogP contribution in [0.4, 0.5) is 0 Å². The zero-order chi connectivity index (χ0) is 17.3. The van der Waals surface area contributed by atoms with Gasteiger partial charge in [-0.1, -0.05) is 30.3 Å². The molecule has 0 radical (unpaired) electrons. The number of carbonyl (C=O) groups excluding carboxylic acids is 1. The number of benzene rings is 2. The van der Waals surface area contributed by atoms with E-state index < -0.39 is 0 Å². The molecule has 0 N–H and O–H groups in total. The third-order valence-corrected chi connectivity index (χ3v) is 4.69. The fourth-order valence-corrected chi connectivity index (χ4v) is 3.37. The Morgan fingerprint density at radius 3 is 2.12 bits per heavy atom. The Balaban J connectivity index is 2.05. The van der Waals surface area contributed by atoms with Crippen molar-refractivity contribution < 1.29 is 14.3 Å². The van der Waals surface area contributed by atoms with E-state index in [0.717, 1.165) is 6.42 Å². The Hall–Kier alpha value is -2.49. The van der Waals surface area contributed by atoms with Gasteiger partial charge in [-0.05, 0) is 43.5 Å². The molecule has 1 aliphatic rings. The first kappa shape index (κ1) is 16.4. The predicted molar refractivity (Wildman–Crippen MR) is 93.6 cm³/mol. The number of fused-ring (bicyclic) bond motifs is 1. The van der Waals surface area contributed by atoms with Crippen LogP contribution in [0.3, 0.4) is 0 Å². The minimum Gasteiger partial charge on any atom is -0.496 e. The van der Waals surface area contributed by atoms with Crippen LogP contribution in [0.15, 0.2) is 42.5 Å². The highest BCUT2D eigenvalue weighted by molar-refractivity contribution is 6.00. The second-order valence-electron chi connectivity index (χ2n) is 6.69. The summed E-state index contributed by atoms with van der Waals surface area (Å²) in [7, 11) is 3.14. The molecule has 126 valence electrons. The van der Waals surface area contributed by atoms with Crippen molar-refractivity contribution in [2.24, 2.45) is 0 Å². The number of hydrogen-bond donors (Lipinski definition) is 0. The van der Waals surface area contributed by atoms with E-state index in [1.807, 2.05) is 17.0 Å². The van der Waals surface area contributed by atoms with Gasteiger partial charge >= 0.3 is 0 Å². The lowest BCUT2D eigenvalue weighted by atomic mass is 9.85. The molecule has 0 saturated heterocycles. The maximum absolute atomic E-state index is 13.4. The molecule has 4 heteroatoms. The average molecular weight is 325 g/mol. The summed E-state index contributed by atoms with van der Waals surface area (Å²) in [6, 6.07) is 13.7. The summed E-state index contributed by atoms with van der Waals surface area (Å²) in [6.07, 6.45) is 0.826. The Morgan fingerprint density at radius 2 is 1.54 bits per heavy atom. The lowest BCUT2D eigenvalue weighted by molar-refractivity contribution is 0.0482. The van der Waals surface area contributed by atoms with Gasteiger partial charge in [-0.15, -0.1) is 0 Å². The van der Waals surface area contributed by atoms with Crippen molar-refractivity contribution in [3.63, 3.8) is 0 Å². The second kappa shape index (κ2) is 6.19. The van der Waals surface area contributed by atoms with Crippen LogP contribution < -0.4 is 9.47 Å². The molecule has 1 amide bonds. The molecule has 0 saturated carbocycles. The Bertz CT molecular complexity index is 745. The summed E-state index contributed by atoms with van der Waals surface area (Å²) in [5.41, 5.74) is 2.70. The zero-order valence-electron chi connectivity index (χ0n) is 14.6. The lowest BCUT2D eigenvalue weighted by Gasteiger charge is -2.43. The van der Waals surface area contributed by atoms with Crippen LogP contribution in [0.25, 0.3) is 0 Å². The summed E-state index contributed by atoms with van der Waals surface area (Å²) >= 11 is 0. The molecular weight excluding hydrogens is 302 g/mol. The van der Waals surface area contributed by atoms with Gasteiger partial charge in [-0.3, -0.25) is 4.79 Å². The summed E-state index contributed by atoms with van der Waals surface area (Å²) in [5, 5.41) is 0. The highest BCUT2D eigenvalue weighted by Crippen LogP contribution is 2.36. The normalized spacial score (nSPS) is 15.6. The van der Waals surface area contributed by atoms with Crippen molar-refractivity contribution in [3.8, 4) is 11.5 Å². The van der Waals surface area contributed by atoms with Crippen LogP contribution in [-0.2, 0) is 13.0 Å². The average Bonchev–Trinajstić information content (AvgIpc) is 2.58. The lowest BCUT2D eigenvalue weighted by Crippen LogP contribution is -2.51. The maximum atomic E-state index is 13.4. The largest absolute Gasteiger partial charge is 0.496 e. The van der Waals surface area contributed by atoms with Crippen LogP contribution in [0.2, 0.25) is 0 Å². The Morgan fingerprint density at radius 1 is 0.958 bits per heavy atom. The minimum absolute atomic E-state index is 0.0659. The summed E-state index contributed by atoms with van der Waals surface area (Å²) in [6.45, 7) is 4.79. The van der Waals surface area contributed by atoms with E-state index in [9.17, 15) is 4.79 Å². The maximum Gasteiger partial charge on any atom is 0.262 e. The van der Waals surface area contributed by atoms with E-state index in [0.29, 0.717) is 23.6 Å². The van der Waals surface area contributed by atoms with Crippen LogP contribution >= 0.6 is 0 Å². The fraction of sp³-hybridized carbons (Fsp3) is 0.350. The predicted octanol–water partition coefficient (Wildman–Crippen LogP) is 3.68. The molecule has 2 aromatic rings. The van der Waals surface area contributed by atoms with Crippen molar-refractivity contribution in [1.82, 2.24) is 4.90 Å². The molecule has 0 spiro atoms. The van der Waals surface area contributed by atoms with Gasteiger partial charge in [0.2, 0.25) is 0 Å². The van der Waals surface area contributed by atoms with Gasteiger partial charge in [0, 0.05) is 12.1 Å². The number of amides is 1. The monoisotopic (exact) mass is 325 g/mol. The Kier molecular flexibility index (Phi) is 4.22. The van der Waals surface area contributed by atoms with Crippen molar-refractivity contribution in [1.29, 1.82) is 0 Å². The smallest absolute Gasteiger partial charge is 0.262 e. The standard InChI is InChI=1S/C20H23NO3/c1-20(2)12-14-8-5-6-9-15(14)13-21(20)19(22)18-16(23-3)10-7-11-17(18)24-4/h5-11H,12-13H2,1-4H3. The van der Waals surface area contributed by atoms with E-state index in [-0.39, 0.29) is 11.4 Å². The molecule has 2 aromatic carbocycles. The quantitative estimate of drug-likeness (QED) is 0.864. The van der Waals surface area contributed by atoms with Gasteiger partial charge in [0.1, 0.15) is 17.1 Å². The molecule has 0 unspecified atom stereocenters. The third kappa shape index (κ3) is 2.73. The number of hydrogen-bond acceptors (Lipinski definition) is 3. The first-order valence-electron chi connectivity index (χ1n) is 8.07. The molecule has 0 aromatic heterocycles. The molecule has 4 nitrogen and oxygen atoms in total. The van der Waals surface area contributed by atoms with Gasteiger partial charge in [-0.2, -0.15) is 0 Å². The SMILES string of the molecule is COc1cccc(OC)c1C(=O)N1Cc2ccccc2CC1(C)C. The summed E-state index contributed by atoms with van der Waals surface area (Å²) in [5.74, 6) is 1.01. The number of ether oxygens (including phenoxy) is 2. The number of rotatable bonds is 3. The van der Waals surface area contributed by atoms with Gasteiger partial charge in [-0.25, -0.2) is 0 Å². The van der Waals surface area contributed by atoms with Crippen molar-refractivity contribution in [3.05, 3.63) is 59.2 Å². The first-order chi connectivity index (χ1) is 11.5. The number of methoxy groups -OCH3 is 2. The van der Waals surface area contributed by atoms with Crippen molar-refractivity contribution in [2.75, 3.05) is 14.2 Å². The first-order valence-corrected chi connectivity index (χ1v) is 8.07. The summed E-state index contributed by atoms with van der Waals surface area (Å²) < 4.78 is 10.8. The van der Waals surface area contributed by atoms with Gasteiger partial charge in [0.05, 0.1) is 14.2 Å². The Labute approximate surface area is 143 Å². The molecule has 24 heavy (non-hydrogen) atoms. The fourth-order valence-electron chi connectivity index (χ4n) is 3.37. The highest BCUT2D eigenvalue weighted by atomic mass is 16.5. The number of carbonyl (C=O) groups is 1. The van der Waals surface area contributed by atoms with E-state index in [1.165, 1.54) is 11.1 Å². The zero-order valence-corrected chi connectivity index (χ0v) is 14.6. The summed E-state index contributed by atoms with van der Waals surface area (Å²) in [4.78, 5) is 15.3. The van der Waals surface area contributed by atoms with E-state index >= 15 is 0 Å². The van der Waals surface area contributed by atoms with Gasteiger partial charge < -0.3 is 14.4 Å². The van der Waals surface area contributed by atoms with Crippen molar-refractivity contribution >= 4 is 5.91 Å². The van der Waals surface area contributed by atoms with Crippen LogP contribution in [0.5, 0.6) is 11.5 Å².